The number of hydrogen-bond acceptors (Lipinski definition) is 4. The first kappa shape index (κ1) is 14.3. The lowest BCUT2D eigenvalue weighted by atomic mass is 9.92. The Labute approximate surface area is 125 Å². The van der Waals surface area contributed by atoms with Crippen LogP contribution in [-0.2, 0) is 10.2 Å². The molecule has 1 saturated carbocycles. The van der Waals surface area contributed by atoms with Crippen molar-refractivity contribution >= 4 is 11.3 Å². The average molecular weight is 288 g/mol. The van der Waals surface area contributed by atoms with Crippen molar-refractivity contribution in [2.24, 2.45) is 5.92 Å². The van der Waals surface area contributed by atoms with E-state index in [1.165, 1.54) is 12.8 Å². The molecular formula is C16H24N4O. The minimum atomic E-state index is 0.0384. The van der Waals surface area contributed by atoms with Crippen LogP contribution in [-0.4, -0.2) is 34.4 Å². The van der Waals surface area contributed by atoms with Gasteiger partial charge in [0.1, 0.15) is 5.52 Å². The SMILES string of the molecule is CC(C)(C)c1cc2c(NCCOCC3CC3)nccn2n1. The van der Waals surface area contributed by atoms with E-state index in [1.54, 1.807) is 6.20 Å². The second-order valence-corrected chi connectivity index (χ2v) is 6.83. The van der Waals surface area contributed by atoms with Gasteiger partial charge in [-0.05, 0) is 24.8 Å². The number of anilines is 1. The maximum absolute atomic E-state index is 5.64. The highest BCUT2D eigenvalue weighted by atomic mass is 16.5. The Bertz CT molecular complexity index is 610. The second kappa shape index (κ2) is 5.64. The summed E-state index contributed by atoms with van der Waals surface area (Å²) in [5.74, 6) is 1.69. The normalized spacial score (nSPS) is 15.6. The van der Waals surface area contributed by atoms with E-state index in [-0.39, 0.29) is 5.41 Å². The van der Waals surface area contributed by atoms with Crippen molar-refractivity contribution in [2.45, 2.75) is 39.0 Å². The second-order valence-electron chi connectivity index (χ2n) is 6.83. The number of aromatic nitrogens is 3. The minimum Gasteiger partial charge on any atom is -0.379 e. The molecule has 21 heavy (non-hydrogen) atoms. The smallest absolute Gasteiger partial charge is 0.152 e. The van der Waals surface area contributed by atoms with E-state index in [0.717, 1.165) is 42.7 Å². The number of fused-ring (bicyclic) bond motifs is 1. The van der Waals surface area contributed by atoms with Gasteiger partial charge in [0.2, 0.25) is 0 Å². The van der Waals surface area contributed by atoms with Crippen molar-refractivity contribution in [1.29, 1.82) is 0 Å². The van der Waals surface area contributed by atoms with Crippen molar-refractivity contribution in [1.82, 2.24) is 14.6 Å². The van der Waals surface area contributed by atoms with Gasteiger partial charge >= 0.3 is 0 Å². The highest BCUT2D eigenvalue weighted by Crippen LogP contribution is 2.28. The third kappa shape index (κ3) is 3.53. The predicted molar refractivity (Wildman–Crippen MR) is 83.7 cm³/mol. The molecule has 0 unspecified atom stereocenters. The van der Waals surface area contributed by atoms with Crippen molar-refractivity contribution < 1.29 is 4.74 Å². The van der Waals surface area contributed by atoms with E-state index in [1.807, 2.05) is 10.7 Å². The molecule has 1 aliphatic carbocycles. The maximum atomic E-state index is 5.64. The van der Waals surface area contributed by atoms with Crippen LogP contribution in [0.4, 0.5) is 5.82 Å². The van der Waals surface area contributed by atoms with E-state index < -0.39 is 0 Å². The largest absolute Gasteiger partial charge is 0.379 e. The summed E-state index contributed by atoms with van der Waals surface area (Å²) < 4.78 is 7.53. The standard InChI is InChI=1S/C16H24N4O/c1-16(2,3)14-10-13-15(17-6-8-20(13)19-14)18-7-9-21-11-12-4-5-12/h6,8,10,12H,4-5,7,9,11H2,1-3H3,(H,17,18). The van der Waals surface area contributed by atoms with Gasteiger partial charge in [0, 0.05) is 31.0 Å². The number of nitrogens with one attached hydrogen (secondary N) is 1. The molecule has 0 radical (unpaired) electrons. The fourth-order valence-electron chi connectivity index (χ4n) is 2.20. The predicted octanol–water partition coefficient (Wildman–Crippen LogP) is 2.87. The molecule has 3 rings (SSSR count). The molecule has 0 atom stereocenters. The molecule has 0 amide bonds. The number of hydrogen-bond donors (Lipinski definition) is 1. The zero-order valence-electron chi connectivity index (χ0n) is 13.1. The quantitative estimate of drug-likeness (QED) is 0.830. The number of ether oxygens (including phenoxy) is 1. The molecule has 2 aromatic rings. The van der Waals surface area contributed by atoms with E-state index in [2.05, 4.69) is 42.2 Å². The molecule has 0 aromatic carbocycles. The Balaban J connectivity index is 1.64. The molecule has 1 N–H and O–H groups in total. The monoisotopic (exact) mass is 288 g/mol. The molecule has 2 heterocycles. The summed E-state index contributed by atoms with van der Waals surface area (Å²) in [6.45, 7) is 8.90. The van der Waals surface area contributed by atoms with Gasteiger partial charge in [-0.15, -0.1) is 0 Å². The van der Waals surface area contributed by atoms with Gasteiger partial charge in [-0.3, -0.25) is 0 Å². The van der Waals surface area contributed by atoms with E-state index >= 15 is 0 Å². The Kier molecular flexibility index (Phi) is 3.85. The molecule has 0 bridgehead atoms. The molecule has 114 valence electrons. The van der Waals surface area contributed by atoms with E-state index in [0.29, 0.717) is 0 Å². The third-order valence-corrected chi connectivity index (χ3v) is 3.75. The Morgan fingerprint density at radius 1 is 1.38 bits per heavy atom. The summed E-state index contributed by atoms with van der Waals surface area (Å²) in [4.78, 5) is 4.42. The Hall–Kier alpha value is -1.62. The molecule has 2 aromatic heterocycles. The molecule has 0 spiro atoms. The zero-order valence-corrected chi connectivity index (χ0v) is 13.1. The van der Waals surface area contributed by atoms with Gasteiger partial charge in [-0.2, -0.15) is 5.10 Å². The van der Waals surface area contributed by atoms with E-state index in [4.69, 9.17) is 4.74 Å². The van der Waals surface area contributed by atoms with Gasteiger partial charge in [0.25, 0.3) is 0 Å². The van der Waals surface area contributed by atoms with Gasteiger partial charge in [-0.1, -0.05) is 20.8 Å². The van der Waals surface area contributed by atoms with E-state index in [9.17, 15) is 0 Å². The van der Waals surface area contributed by atoms with Crippen LogP contribution < -0.4 is 5.32 Å². The summed E-state index contributed by atoms with van der Waals surface area (Å²) in [7, 11) is 0. The molecule has 1 fully saturated rings. The molecular weight excluding hydrogens is 264 g/mol. The van der Waals surface area contributed by atoms with Crippen LogP contribution in [0.2, 0.25) is 0 Å². The van der Waals surface area contributed by atoms with Gasteiger partial charge in [0.05, 0.1) is 12.3 Å². The van der Waals surface area contributed by atoms with Gasteiger partial charge < -0.3 is 10.1 Å². The summed E-state index contributed by atoms with van der Waals surface area (Å²) in [5.41, 5.74) is 2.13. The van der Waals surface area contributed by atoms with Gasteiger partial charge in [0.15, 0.2) is 5.82 Å². The molecule has 5 nitrogen and oxygen atoms in total. The Morgan fingerprint density at radius 2 is 2.19 bits per heavy atom. The van der Waals surface area contributed by atoms with Crippen LogP contribution in [0.15, 0.2) is 18.5 Å². The number of nitrogens with zero attached hydrogens (tertiary/aromatic N) is 3. The van der Waals surface area contributed by atoms with Crippen molar-refractivity contribution in [3.63, 3.8) is 0 Å². The maximum Gasteiger partial charge on any atom is 0.152 e. The summed E-state index contributed by atoms with van der Waals surface area (Å²) in [6, 6.07) is 2.11. The zero-order chi connectivity index (χ0) is 14.9. The average Bonchev–Trinajstić information content (AvgIpc) is 3.13. The molecule has 5 heteroatoms. The molecule has 1 aliphatic rings. The summed E-state index contributed by atoms with van der Waals surface area (Å²) in [5, 5.41) is 7.98. The lowest BCUT2D eigenvalue weighted by molar-refractivity contribution is 0.134. The van der Waals surface area contributed by atoms with Crippen molar-refractivity contribution in [2.75, 3.05) is 25.1 Å². The number of rotatable bonds is 6. The minimum absolute atomic E-state index is 0.0384. The first-order chi connectivity index (χ1) is 10.0. The van der Waals surface area contributed by atoms with Crippen LogP contribution in [0, 0.1) is 5.92 Å². The summed E-state index contributed by atoms with van der Waals surface area (Å²) in [6.07, 6.45) is 6.33. The van der Waals surface area contributed by atoms with Crippen LogP contribution in [0.5, 0.6) is 0 Å². The van der Waals surface area contributed by atoms with Gasteiger partial charge in [-0.25, -0.2) is 9.50 Å². The molecule has 0 aliphatic heterocycles. The summed E-state index contributed by atoms with van der Waals surface area (Å²) >= 11 is 0. The highest BCUT2D eigenvalue weighted by Gasteiger charge is 2.21. The van der Waals surface area contributed by atoms with Crippen LogP contribution in [0.25, 0.3) is 5.52 Å². The van der Waals surface area contributed by atoms with Crippen molar-refractivity contribution in [3.8, 4) is 0 Å². The highest BCUT2D eigenvalue weighted by molar-refractivity contribution is 5.68. The third-order valence-electron chi connectivity index (χ3n) is 3.75. The Morgan fingerprint density at radius 3 is 2.90 bits per heavy atom. The molecule has 0 saturated heterocycles. The fraction of sp³-hybridized carbons (Fsp3) is 0.625. The van der Waals surface area contributed by atoms with Crippen LogP contribution in [0.1, 0.15) is 39.3 Å². The first-order valence-corrected chi connectivity index (χ1v) is 7.70. The lowest BCUT2D eigenvalue weighted by Crippen LogP contribution is -2.12. The van der Waals surface area contributed by atoms with Crippen molar-refractivity contribution in [3.05, 3.63) is 24.2 Å². The topological polar surface area (TPSA) is 51.5 Å². The first-order valence-electron chi connectivity index (χ1n) is 7.70. The van der Waals surface area contributed by atoms with Crippen LogP contribution >= 0.6 is 0 Å². The van der Waals surface area contributed by atoms with Crippen LogP contribution in [0.3, 0.4) is 0 Å². The lowest BCUT2D eigenvalue weighted by Gasteiger charge is -2.13. The fourth-order valence-corrected chi connectivity index (χ4v) is 2.20.